The van der Waals surface area contributed by atoms with Crippen LogP contribution < -0.4 is 10.6 Å². The van der Waals surface area contributed by atoms with Crippen LogP contribution in [0.2, 0.25) is 0 Å². The number of rotatable bonds is 5. The zero-order valence-electron chi connectivity index (χ0n) is 11.6. The summed E-state index contributed by atoms with van der Waals surface area (Å²) in [6.07, 6.45) is 0. The van der Waals surface area contributed by atoms with Gasteiger partial charge in [-0.3, -0.25) is 10.1 Å². The molecule has 0 saturated heterocycles. The van der Waals surface area contributed by atoms with E-state index < -0.39 is 11.9 Å². The van der Waals surface area contributed by atoms with Gasteiger partial charge in [-0.25, -0.2) is 9.18 Å². The molecule has 0 aliphatic carbocycles. The molecule has 1 aromatic carbocycles. The van der Waals surface area contributed by atoms with E-state index in [0.29, 0.717) is 12.1 Å². The van der Waals surface area contributed by atoms with Crippen LogP contribution in [0.5, 0.6) is 0 Å². The van der Waals surface area contributed by atoms with Crippen LogP contribution in [-0.2, 0) is 4.79 Å². The number of hydrogen-bond acceptors (Lipinski definition) is 6. The van der Waals surface area contributed by atoms with Gasteiger partial charge < -0.3 is 9.73 Å². The monoisotopic (exact) mass is 324 g/mol. The number of hydrogen-bond donors (Lipinski definition) is 2. The molecule has 0 atom stereocenters. The lowest BCUT2D eigenvalue weighted by molar-refractivity contribution is -0.117. The molecule has 0 aliphatic rings. The van der Waals surface area contributed by atoms with Gasteiger partial charge in [0.25, 0.3) is 5.22 Å². The van der Waals surface area contributed by atoms with E-state index in [1.165, 1.54) is 24.3 Å². The third-order valence-corrected chi connectivity index (χ3v) is 3.23. The summed E-state index contributed by atoms with van der Waals surface area (Å²) < 4.78 is 18.2. The number of benzene rings is 1. The van der Waals surface area contributed by atoms with Crippen molar-refractivity contribution in [3.05, 3.63) is 30.1 Å². The second-order valence-electron chi connectivity index (χ2n) is 4.08. The third-order valence-electron chi connectivity index (χ3n) is 2.41. The van der Waals surface area contributed by atoms with E-state index >= 15 is 0 Å². The number of carbonyl (C=O) groups is 2. The molecular formula is C13H13FN4O3S. The Morgan fingerprint density at radius 2 is 2.00 bits per heavy atom. The fraction of sp³-hybridized carbons (Fsp3) is 0.231. The van der Waals surface area contributed by atoms with Crippen LogP contribution in [0.25, 0.3) is 11.5 Å². The van der Waals surface area contributed by atoms with Crippen molar-refractivity contribution in [3.63, 3.8) is 0 Å². The zero-order valence-corrected chi connectivity index (χ0v) is 12.4. The number of amides is 3. The lowest BCUT2D eigenvalue weighted by Crippen LogP contribution is -2.40. The van der Waals surface area contributed by atoms with Gasteiger partial charge in [-0.15, -0.1) is 10.2 Å². The molecule has 2 aromatic rings. The van der Waals surface area contributed by atoms with Crippen molar-refractivity contribution in [1.82, 2.24) is 20.8 Å². The largest absolute Gasteiger partial charge is 0.411 e. The van der Waals surface area contributed by atoms with Crippen LogP contribution in [0.1, 0.15) is 6.92 Å². The van der Waals surface area contributed by atoms with Gasteiger partial charge in [-0.2, -0.15) is 0 Å². The van der Waals surface area contributed by atoms with Gasteiger partial charge in [0, 0.05) is 12.1 Å². The van der Waals surface area contributed by atoms with Gasteiger partial charge in [0.15, 0.2) is 0 Å². The number of thioether (sulfide) groups is 1. The molecule has 7 nitrogen and oxygen atoms in total. The van der Waals surface area contributed by atoms with Crippen LogP contribution in [0, 0.1) is 5.82 Å². The molecule has 22 heavy (non-hydrogen) atoms. The van der Waals surface area contributed by atoms with Crippen LogP contribution in [-0.4, -0.2) is 34.4 Å². The lowest BCUT2D eigenvalue weighted by Gasteiger charge is -2.02. The molecule has 1 heterocycles. The molecule has 0 aliphatic heterocycles. The zero-order chi connectivity index (χ0) is 15.9. The third kappa shape index (κ3) is 4.55. The van der Waals surface area contributed by atoms with Gasteiger partial charge in [0.05, 0.1) is 5.75 Å². The van der Waals surface area contributed by atoms with Crippen molar-refractivity contribution in [1.29, 1.82) is 0 Å². The van der Waals surface area contributed by atoms with Crippen molar-refractivity contribution >= 4 is 23.7 Å². The number of nitrogens with zero attached hydrogens (tertiary/aromatic N) is 2. The number of halogens is 1. The predicted octanol–water partition coefficient (Wildman–Crippen LogP) is 1.81. The van der Waals surface area contributed by atoms with Crippen molar-refractivity contribution in [2.24, 2.45) is 0 Å². The Morgan fingerprint density at radius 1 is 1.27 bits per heavy atom. The quantitative estimate of drug-likeness (QED) is 0.814. The van der Waals surface area contributed by atoms with Gasteiger partial charge in [-0.1, -0.05) is 11.8 Å². The van der Waals surface area contributed by atoms with Crippen LogP contribution in [0.3, 0.4) is 0 Å². The minimum Gasteiger partial charge on any atom is -0.411 e. The first-order chi connectivity index (χ1) is 10.6. The first-order valence-electron chi connectivity index (χ1n) is 6.38. The molecule has 3 amide bonds. The topological polar surface area (TPSA) is 97.1 Å². The SMILES string of the molecule is CCNC(=O)NC(=O)CSc1nnc(-c2ccc(F)cc2)o1. The molecule has 0 spiro atoms. The summed E-state index contributed by atoms with van der Waals surface area (Å²) in [5, 5.41) is 12.4. The van der Waals surface area contributed by atoms with Crippen molar-refractivity contribution in [2.75, 3.05) is 12.3 Å². The Kier molecular flexibility index (Phi) is 5.48. The van der Waals surface area contributed by atoms with E-state index in [1.54, 1.807) is 6.92 Å². The number of urea groups is 1. The normalized spacial score (nSPS) is 10.3. The van der Waals surface area contributed by atoms with Crippen molar-refractivity contribution in [2.45, 2.75) is 12.1 Å². The summed E-state index contributed by atoms with van der Waals surface area (Å²) in [7, 11) is 0. The molecule has 0 radical (unpaired) electrons. The number of aromatic nitrogens is 2. The Bertz CT molecular complexity index is 660. The standard InChI is InChI=1S/C13H13FN4O3S/c1-2-15-12(20)16-10(19)7-22-13-18-17-11(21-13)8-3-5-9(14)6-4-8/h3-6H,2,7H2,1H3,(H2,15,16,19,20). The predicted molar refractivity (Wildman–Crippen MR) is 77.6 cm³/mol. The second kappa shape index (κ2) is 7.55. The lowest BCUT2D eigenvalue weighted by atomic mass is 10.2. The van der Waals surface area contributed by atoms with Crippen LogP contribution in [0.15, 0.2) is 33.9 Å². The molecule has 0 saturated carbocycles. The summed E-state index contributed by atoms with van der Waals surface area (Å²) in [6.45, 7) is 2.17. The molecule has 116 valence electrons. The van der Waals surface area contributed by atoms with Gasteiger partial charge in [-0.05, 0) is 31.2 Å². The van der Waals surface area contributed by atoms with E-state index in [9.17, 15) is 14.0 Å². The second-order valence-corrected chi connectivity index (χ2v) is 5.00. The summed E-state index contributed by atoms with van der Waals surface area (Å²) in [6, 6.07) is 5.04. The highest BCUT2D eigenvalue weighted by atomic mass is 32.2. The summed E-state index contributed by atoms with van der Waals surface area (Å²) in [5.41, 5.74) is 0.576. The van der Waals surface area contributed by atoms with E-state index in [2.05, 4.69) is 20.8 Å². The highest BCUT2D eigenvalue weighted by Gasteiger charge is 2.12. The Hall–Kier alpha value is -2.42. The van der Waals surface area contributed by atoms with Gasteiger partial charge in [0.1, 0.15) is 5.82 Å². The molecule has 2 rings (SSSR count). The highest BCUT2D eigenvalue weighted by Crippen LogP contribution is 2.23. The minimum atomic E-state index is -0.550. The summed E-state index contributed by atoms with van der Waals surface area (Å²) in [5.74, 6) is -0.647. The maximum atomic E-state index is 12.8. The first-order valence-corrected chi connectivity index (χ1v) is 7.37. The molecule has 0 unspecified atom stereocenters. The molecule has 1 aromatic heterocycles. The van der Waals surface area contributed by atoms with E-state index in [0.717, 1.165) is 11.8 Å². The highest BCUT2D eigenvalue weighted by molar-refractivity contribution is 7.99. The fourth-order valence-corrected chi connectivity index (χ4v) is 2.04. The average Bonchev–Trinajstić information content (AvgIpc) is 2.95. The Morgan fingerprint density at radius 3 is 2.68 bits per heavy atom. The molecule has 0 bridgehead atoms. The molecule has 0 fully saturated rings. The van der Waals surface area contributed by atoms with Gasteiger partial charge in [0.2, 0.25) is 11.8 Å². The van der Waals surface area contributed by atoms with E-state index in [4.69, 9.17) is 4.42 Å². The fourth-order valence-electron chi connectivity index (χ4n) is 1.47. The Balaban J connectivity index is 1.88. The maximum Gasteiger partial charge on any atom is 0.321 e. The number of carbonyl (C=O) groups excluding carboxylic acids is 2. The van der Waals surface area contributed by atoms with Gasteiger partial charge >= 0.3 is 6.03 Å². The van der Waals surface area contributed by atoms with E-state index in [1.807, 2.05) is 0 Å². The summed E-state index contributed by atoms with van der Waals surface area (Å²) >= 11 is 1.00. The maximum absolute atomic E-state index is 12.8. The minimum absolute atomic E-state index is 0.0395. The van der Waals surface area contributed by atoms with Crippen molar-refractivity contribution < 1.29 is 18.4 Å². The van der Waals surface area contributed by atoms with Crippen LogP contribution >= 0.6 is 11.8 Å². The number of nitrogens with one attached hydrogen (secondary N) is 2. The average molecular weight is 324 g/mol. The molecule has 2 N–H and O–H groups in total. The summed E-state index contributed by atoms with van der Waals surface area (Å²) in [4.78, 5) is 22.6. The number of imide groups is 1. The van der Waals surface area contributed by atoms with Crippen molar-refractivity contribution in [3.8, 4) is 11.5 Å². The first kappa shape index (κ1) is 16.0. The van der Waals surface area contributed by atoms with E-state index in [-0.39, 0.29) is 22.7 Å². The molecular weight excluding hydrogens is 311 g/mol. The molecule has 9 heteroatoms. The van der Waals surface area contributed by atoms with Crippen LogP contribution in [0.4, 0.5) is 9.18 Å². The smallest absolute Gasteiger partial charge is 0.321 e. The Labute approximate surface area is 129 Å².